The number of aromatic nitrogens is 4. The summed E-state index contributed by atoms with van der Waals surface area (Å²) >= 11 is 0. The van der Waals surface area contributed by atoms with Crippen molar-refractivity contribution in [1.82, 2.24) is 25.1 Å². The molecule has 4 heterocycles. The Kier molecular flexibility index (Phi) is 5.04. The lowest BCUT2D eigenvalue weighted by Crippen LogP contribution is -2.49. The maximum Gasteiger partial charge on any atom is 0.266 e. The highest BCUT2D eigenvalue weighted by Gasteiger charge is 2.22. The third kappa shape index (κ3) is 4.11. The summed E-state index contributed by atoms with van der Waals surface area (Å²) in [5, 5.41) is 8.02. The molecule has 0 N–H and O–H groups in total. The van der Waals surface area contributed by atoms with Gasteiger partial charge < -0.3 is 14.2 Å². The standard InChI is InChI=1S/C19H20N6O2/c26-18(25-13-11-24(12-14-25)16-6-2-4-10-21-16)8-7-17-22-23-19(27-17)15-5-1-3-9-20-15/h1-6,9-10H,7-8,11-14H2. The monoisotopic (exact) mass is 364 g/mol. The number of aryl methyl sites for hydroxylation is 1. The number of amides is 1. The van der Waals surface area contributed by atoms with E-state index in [0.29, 0.717) is 43.4 Å². The van der Waals surface area contributed by atoms with Gasteiger partial charge in [0.05, 0.1) is 0 Å². The van der Waals surface area contributed by atoms with Crippen LogP contribution >= 0.6 is 0 Å². The zero-order chi connectivity index (χ0) is 18.5. The minimum Gasteiger partial charge on any atom is -0.419 e. The molecule has 3 aromatic heterocycles. The highest BCUT2D eigenvalue weighted by molar-refractivity contribution is 5.76. The summed E-state index contributed by atoms with van der Waals surface area (Å²) in [7, 11) is 0. The van der Waals surface area contributed by atoms with Gasteiger partial charge in [0.15, 0.2) is 0 Å². The summed E-state index contributed by atoms with van der Waals surface area (Å²) in [6.45, 7) is 2.96. The van der Waals surface area contributed by atoms with E-state index in [-0.39, 0.29) is 5.91 Å². The minimum atomic E-state index is 0.105. The fraction of sp³-hybridized carbons (Fsp3) is 0.316. The second-order valence-corrected chi connectivity index (χ2v) is 6.27. The molecule has 0 bridgehead atoms. The van der Waals surface area contributed by atoms with Crippen molar-refractivity contribution in [2.24, 2.45) is 0 Å². The largest absolute Gasteiger partial charge is 0.419 e. The van der Waals surface area contributed by atoms with Crippen LogP contribution in [0.5, 0.6) is 0 Å². The molecule has 138 valence electrons. The molecule has 0 aliphatic carbocycles. The van der Waals surface area contributed by atoms with Gasteiger partial charge in [-0.2, -0.15) is 0 Å². The molecule has 0 radical (unpaired) electrons. The summed E-state index contributed by atoms with van der Waals surface area (Å²) in [5.74, 6) is 1.89. The Labute approximate surface area is 156 Å². The van der Waals surface area contributed by atoms with Crippen molar-refractivity contribution in [3.05, 3.63) is 54.7 Å². The van der Waals surface area contributed by atoms with Crippen LogP contribution in [0.1, 0.15) is 12.3 Å². The quantitative estimate of drug-likeness (QED) is 0.682. The van der Waals surface area contributed by atoms with Crippen LogP contribution in [0, 0.1) is 0 Å². The van der Waals surface area contributed by atoms with Crippen LogP contribution in [-0.2, 0) is 11.2 Å². The molecule has 0 spiro atoms. The molecule has 0 saturated carbocycles. The fourth-order valence-electron chi connectivity index (χ4n) is 3.05. The van der Waals surface area contributed by atoms with Crippen LogP contribution < -0.4 is 4.90 Å². The molecule has 0 atom stereocenters. The maximum atomic E-state index is 12.5. The van der Waals surface area contributed by atoms with Gasteiger partial charge in [-0.3, -0.25) is 9.78 Å². The summed E-state index contributed by atoms with van der Waals surface area (Å²) < 4.78 is 5.61. The van der Waals surface area contributed by atoms with Gasteiger partial charge in [0.2, 0.25) is 11.8 Å². The van der Waals surface area contributed by atoms with Crippen LogP contribution in [0.2, 0.25) is 0 Å². The Hall–Kier alpha value is -3.29. The normalized spacial score (nSPS) is 14.4. The lowest BCUT2D eigenvalue weighted by molar-refractivity contribution is -0.131. The smallest absolute Gasteiger partial charge is 0.266 e. The zero-order valence-electron chi connectivity index (χ0n) is 14.9. The lowest BCUT2D eigenvalue weighted by atomic mass is 10.2. The molecular formula is C19H20N6O2. The first-order valence-electron chi connectivity index (χ1n) is 8.97. The van der Waals surface area contributed by atoms with Crippen molar-refractivity contribution in [1.29, 1.82) is 0 Å². The van der Waals surface area contributed by atoms with Crippen LogP contribution in [0.4, 0.5) is 5.82 Å². The second-order valence-electron chi connectivity index (χ2n) is 6.27. The molecule has 0 unspecified atom stereocenters. The number of hydrogen-bond acceptors (Lipinski definition) is 7. The van der Waals surface area contributed by atoms with E-state index in [1.165, 1.54) is 0 Å². The van der Waals surface area contributed by atoms with Crippen molar-refractivity contribution in [2.45, 2.75) is 12.8 Å². The van der Waals surface area contributed by atoms with E-state index in [0.717, 1.165) is 18.9 Å². The van der Waals surface area contributed by atoms with E-state index in [1.54, 1.807) is 12.4 Å². The molecule has 27 heavy (non-hydrogen) atoms. The van der Waals surface area contributed by atoms with Crippen molar-refractivity contribution >= 4 is 11.7 Å². The first-order chi connectivity index (χ1) is 13.3. The van der Waals surface area contributed by atoms with Gasteiger partial charge in [-0.25, -0.2) is 4.98 Å². The van der Waals surface area contributed by atoms with E-state index < -0.39 is 0 Å². The number of piperazine rings is 1. The van der Waals surface area contributed by atoms with E-state index in [1.807, 2.05) is 41.3 Å². The van der Waals surface area contributed by atoms with Gasteiger partial charge in [0.25, 0.3) is 5.89 Å². The third-order valence-electron chi connectivity index (χ3n) is 4.51. The topological polar surface area (TPSA) is 88.2 Å². The van der Waals surface area contributed by atoms with Gasteiger partial charge in [0, 0.05) is 51.4 Å². The first-order valence-corrected chi connectivity index (χ1v) is 8.97. The van der Waals surface area contributed by atoms with E-state index in [4.69, 9.17) is 4.42 Å². The predicted molar refractivity (Wildman–Crippen MR) is 98.9 cm³/mol. The van der Waals surface area contributed by atoms with E-state index in [2.05, 4.69) is 25.1 Å². The van der Waals surface area contributed by atoms with Gasteiger partial charge in [-0.05, 0) is 24.3 Å². The molecule has 1 amide bonds. The van der Waals surface area contributed by atoms with Gasteiger partial charge in [-0.15, -0.1) is 10.2 Å². The minimum absolute atomic E-state index is 0.105. The number of hydrogen-bond donors (Lipinski definition) is 0. The number of carbonyl (C=O) groups is 1. The summed E-state index contributed by atoms with van der Waals surface area (Å²) in [4.78, 5) is 25.1. The Morgan fingerprint density at radius 3 is 2.44 bits per heavy atom. The summed E-state index contributed by atoms with van der Waals surface area (Å²) in [6, 6.07) is 11.4. The van der Waals surface area contributed by atoms with Gasteiger partial charge in [-0.1, -0.05) is 12.1 Å². The highest BCUT2D eigenvalue weighted by Crippen LogP contribution is 2.16. The van der Waals surface area contributed by atoms with E-state index >= 15 is 0 Å². The van der Waals surface area contributed by atoms with Crippen LogP contribution in [0.15, 0.2) is 53.2 Å². The zero-order valence-corrected chi connectivity index (χ0v) is 14.9. The summed E-state index contributed by atoms with van der Waals surface area (Å²) in [5.41, 5.74) is 0.633. The molecule has 8 nitrogen and oxygen atoms in total. The average molecular weight is 364 g/mol. The molecule has 3 aromatic rings. The average Bonchev–Trinajstić information content (AvgIpc) is 3.22. The molecule has 1 fully saturated rings. The molecule has 8 heteroatoms. The van der Waals surface area contributed by atoms with Crippen LogP contribution in [-0.4, -0.2) is 57.2 Å². The SMILES string of the molecule is O=C(CCc1nnc(-c2ccccn2)o1)N1CCN(c2ccccn2)CC1. The molecule has 1 aliphatic heterocycles. The van der Waals surface area contributed by atoms with Crippen LogP contribution in [0.3, 0.4) is 0 Å². The predicted octanol–water partition coefficient (Wildman–Crippen LogP) is 1.81. The Morgan fingerprint density at radius 1 is 0.963 bits per heavy atom. The third-order valence-corrected chi connectivity index (χ3v) is 4.51. The number of pyridine rings is 2. The highest BCUT2D eigenvalue weighted by atomic mass is 16.4. The van der Waals surface area contributed by atoms with Gasteiger partial charge in [0.1, 0.15) is 11.5 Å². The Bertz CT molecular complexity index is 875. The first kappa shape index (κ1) is 17.1. The second kappa shape index (κ2) is 7.94. The van der Waals surface area contributed by atoms with Gasteiger partial charge >= 0.3 is 0 Å². The number of nitrogens with zero attached hydrogens (tertiary/aromatic N) is 6. The molecule has 4 rings (SSSR count). The van der Waals surface area contributed by atoms with E-state index in [9.17, 15) is 4.79 Å². The maximum absolute atomic E-state index is 12.5. The Balaban J connectivity index is 1.27. The number of rotatable bonds is 5. The molecular weight excluding hydrogens is 344 g/mol. The molecule has 1 aliphatic rings. The fourth-order valence-corrected chi connectivity index (χ4v) is 3.05. The van der Waals surface area contributed by atoms with Crippen molar-refractivity contribution in [3.8, 4) is 11.6 Å². The Morgan fingerprint density at radius 2 is 1.74 bits per heavy atom. The van der Waals surface area contributed by atoms with Crippen molar-refractivity contribution < 1.29 is 9.21 Å². The molecule has 1 saturated heterocycles. The lowest BCUT2D eigenvalue weighted by Gasteiger charge is -2.35. The van der Waals surface area contributed by atoms with Crippen molar-refractivity contribution in [3.63, 3.8) is 0 Å². The number of anilines is 1. The van der Waals surface area contributed by atoms with Crippen LogP contribution in [0.25, 0.3) is 11.6 Å². The summed E-state index contributed by atoms with van der Waals surface area (Å²) in [6.07, 6.45) is 4.25. The molecule has 0 aromatic carbocycles. The number of carbonyl (C=O) groups excluding carboxylic acids is 1. The van der Waals surface area contributed by atoms with Crippen molar-refractivity contribution in [2.75, 3.05) is 31.1 Å².